The van der Waals surface area contributed by atoms with E-state index in [1.165, 1.54) is 121 Å². The molecule has 0 saturated heterocycles. The van der Waals surface area contributed by atoms with E-state index in [-0.39, 0.29) is 13.4 Å². The molecule has 13 aromatic rings. The zero-order chi connectivity index (χ0) is 50.1. The van der Waals surface area contributed by atoms with Gasteiger partial charge in [0.1, 0.15) is 11.5 Å². The van der Waals surface area contributed by atoms with E-state index in [2.05, 4.69) is 264 Å². The van der Waals surface area contributed by atoms with Gasteiger partial charge in [-0.3, -0.25) is 0 Å². The van der Waals surface area contributed by atoms with Crippen LogP contribution in [0.1, 0.15) is 16.7 Å². The number of aromatic nitrogens is 2. The summed E-state index contributed by atoms with van der Waals surface area (Å²) in [7, 11) is 0. The Hall–Kier alpha value is -9.45. The summed E-state index contributed by atoms with van der Waals surface area (Å²) in [5.74, 6) is 1.81. The quantitative estimate of drug-likeness (QED) is 0.161. The number of para-hydroxylation sites is 5. The number of anilines is 6. The molecule has 6 heterocycles. The van der Waals surface area contributed by atoms with Crippen LogP contribution in [0.25, 0.3) is 66.1 Å². The predicted molar refractivity (Wildman–Crippen MR) is 320 cm³/mol. The lowest BCUT2D eigenvalue weighted by Gasteiger charge is -2.43. The average molecular weight is 969 g/mol. The molecule has 0 aliphatic carbocycles. The molecule has 0 unspecified atom stereocenters. The highest BCUT2D eigenvalue weighted by molar-refractivity contribution is 7.03. The van der Waals surface area contributed by atoms with Gasteiger partial charge in [0.05, 0.1) is 27.8 Å². The van der Waals surface area contributed by atoms with Gasteiger partial charge in [-0.05, 0) is 143 Å². The molecule has 11 aromatic carbocycles. The van der Waals surface area contributed by atoms with Gasteiger partial charge in [-0.15, -0.1) is 0 Å². The fourth-order valence-electron chi connectivity index (χ4n) is 14.2. The summed E-state index contributed by atoms with van der Waals surface area (Å²) in [6.07, 6.45) is 0. The second kappa shape index (κ2) is 15.3. The Kier molecular flexibility index (Phi) is 8.46. The van der Waals surface area contributed by atoms with Crippen molar-refractivity contribution in [1.29, 1.82) is 0 Å². The molecule has 4 aliphatic rings. The van der Waals surface area contributed by atoms with Crippen LogP contribution >= 0.6 is 0 Å². The second-order valence-corrected chi connectivity index (χ2v) is 21.3. The van der Waals surface area contributed by atoms with E-state index in [0.717, 1.165) is 39.8 Å². The molecule has 354 valence electrons. The number of rotatable bonds is 5. The van der Waals surface area contributed by atoms with E-state index < -0.39 is 0 Å². The van der Waals surface area contributed by atoms with Crippen molar-refractivity contribution in [2.24, 2.45) is 0 Å². The number of aryl methyl sites for hydroxylation is 2. The van der Waals surface area contributed by atoms with Gasteiger partial charge in [0, 0.05) is 73.0 Å². The van der Waals surface area contributed by atoms with Gasteiger partial charge in [-0.2, -0.15) is 0 Å². The first-order valence-corrected chi connectivity index (χ1v) is 26.6. The molecule has 7 heteroatoms. The van der Waals surface area contributed by atoms with Gasteiger partial charge < -0.3 is 23.7 Å². The number of nitrogens with zero attached hydrogens (tertiary/aromatic N) is 4. The van der Waals surface area contributed by atoms with Crippen LogP contribution in [0, 0.1) is 20.8 Å². The lowest BCUT2D eigenvalue weighted by atomic mass is 9.30. The van der Waals surface area contributed by atoms with Crippen molar-refractivity contribution in [2.75, 3.05) is 9.80 Å². The van der Waals surface area contributed by atoms with Gasteiger partial charge in [0.15, 0.2) is 0 Å². The summed E-state index contributed by atoms with van der Waals surface area (Å²) in [6, 6.07) is 83.4. The van der Waals surface area contributed by atoms with Crippen molar-refractivity contribution in [3.05, 3.63) is 241 Å². The topological polar surface area (TPSA) is 25.6 Å². The largest absolute Gasteiger partial charge is 0.458 e. The summed E-state index contributed by atoms with van der Waals surface area (Å²) < 4.78 is 12.9. The van der Waals surface area contributed by atoms with E-state index in [1.54, 1.807) is 0 Å². The first-order valence-electron chi connectivity index (χ1n) is 26.6. The Labute approximate surface area is 441 Å². The second-order valence-electron chi connectivity index (χ2n) is 21.3. The highest BCUT2D eigenvalue weighted by Crippen LogP contribution is 2.51. The summed E-state index contributed by atoms with van der Waals surface area (Å²) in [4.78, 5) is 4.99. The normalized spacial score (nSPS) is 13.2. The Morgan fingerprint density at radius 3 is 1.58 bits per heavy atom. The highest BCUT2D eigenvalue weighted by atomic mass is 16.5. The maximum atomic E-state index is 7.81. The fourth-order valence-corrected chi connectivity index (χ4v) is 14.2. The lowest BCUT2D eigenvalue weighted by Crippen LogP contribution is -2.64. The molecule has 5 nitrogen and oxygen atoms in total. The molecule has 0 amide bonds. The van der Waals surface area contributed by atoms with Crippen LogP contribution in [0.2, 0.25) is 0 Å². The van der Waals surface area contributed by atoms with Gasteiger partial charge in [0.2, 0.25) is 0 Å². The third kappa shape index (κ3) is 5.46. The molecule has 4 aliphatic heterocycles. The number of hydrogen-bond acceptors (Lipinski definition) is 3. The number of hydrogen-bond donors (Lipinski definition) is 0. The minimum Gasteiger partial charge on any atom is -0.458 e. The zero-order valence-corrected chi connectivity index (χ0v) is 42.2. The highest BCUT2D eigenvalue weighted by Gasteiger charge is 2.48. The van der Waals surface area contributed by atoms with Crippen LogP contribution in [0.4, 0.5) is 34.1 Å². The number of ether oxygens (including phenoxy) is 1. The molecule has 0 bridgehead atoms. The smallest absolute Gasteiger partial charge is 0.256 e. The monoisotopic (exact) mass is 968 g/mol. The summed E-state index contributed by atoms with van der Waals surface area (Å²) in [5.41, 5.74) is 27.7. The third-order valence-corrected chi connectivity index (χ3v) is 17.1. The summed E-state index contributed by atoms with van der Waals surface area (Å²) in [6.45, 7) is 6.60. The first kappa shape index (κ1) is 42.0. The Balaban J connectivity index is 1.02. The molecular weight excluding hydrogens is 922 g/mol. The van der Waals surface area contributed by atoms with Crippen LogP contribution in [0.5, 0.6) is 11.5 Å². The van der Waals surface area contributed by atoms with Crippen LogP contribution in [0.15, 0.2) is 224 Å². The van der Waals surface area contributed by atoms with E-state index in [0.29, 0.717) is 0 Å². The summed E-state index contributed by atoms with van der Waals surface area (Å²) >= 11 is 0. The van der Waals surface area contributed by atoms with Gasteiger partial charge in [0.25, 0.3) is 13.4 Å². The maximum Gasteiger partial charge on any atom is 0.256 e. The van der Waals surface area contributed by atoms with E-state index in [9.17, 15) is 0 Å². The van der Waals surface area contributed by atoms with Gasteiger partial charge in [-0.1, -0.05) is 152 Å². The van der Waals surface area contributed by atoms with E-state index >= 15 is 0 Å². The molecule has 0 fully saturated rings. The van der Waals surface area contributed by atoms with E-state index in [1.807, 2.05) is 0 Å². The van der Waals surface area contributed by atoms with Crippen molar-refractivity contribution in [3.8, 4) is 34.0 Å². The minimum atomic E-state index is -0.117. The molecule has 17 rings (SSSR count). The number of benzene rings is 11. The van der Waals surface area contributed by atoms with Gasteiger partial charge in [-0.25, -0.2) is 0 Å². The standard InChI is InChI=1S/C69H46B2N4O/c1-41-32-34-51-57(36-41)74-55-30-18-16-28-48(55)62-50(44-20-8-4-9-21-44)38-60-64(67(62)74)70(51)53-39-54-69(43(3)66(53)73(60)47-26-14-7-15-27-47)76-61-40-59(72(45-22-10-5-11-23-45)46-24-12-6-13-25-46)63-49-29-17-19-31-56(49)75-58-37-42(2)33-35-52(58)71(54)65(61)68(63)75/h4-40H,1-3H3. The van der Waals surface area contributed by atoms with Crippen LogP contribution in [0.3, 0.4) is 0 Å². The maximum absolute atomic E-state index is 7.81. The summed E-state index contributed by atoms with van der Waals surface area (Å²) in [5, 5.41) is 4.99. The van der Waals surface area contributed by atoms with Crippen molar-refractivity contribution in [3.63, 3.8) is 0 Å². The van der Waals surface area contributed by atoms with Crippen LogP contribution in [-0.4, -0.2) is 22.6 Å². The van der Waals surface area contributed by atoms with Crippen molar-refractivity contribution in [2.45, 2.75) is 20.8 Å². The molecular formula is C69H46B2N4O. The van der Waals surface area contributed by atoms with Crippen molar-refractivity contribution in [1.82, 2.24) is 9.13 Å². The van der Waals surface area contributed by atoms with Crippen molar-refractivity contribution >= 4 is 124 Å². The Bertz CT molecular complexity index is 4620. The van der Waals surface area contributed by atoms with Crippen LogP contribution in [-0.2, 0) is 0 Å². The molecule has 0 N–H and O–H groups in total. The van der Waals surface area contributed by atoms with Crippen molar-refractivity contribution < 1.29 is 4.74 Å². The minimum absolute atomic E-state index is 0.0738. The Morgan fingerprint density at radius 2 is 0.961 bits per heavy atom. The average Bonchev–Trinajstić information content (AvgIpc) is 4.04. The molecule has 76 heavy (non-hydrogen) atoms. The predicted octanol–water partition coefficient (Wildman–Crippen LogP) is 13.5. The first-order chi connectivity index (χ1) is 37.5. The van der Waals surface area contributed by atoms with Crippen LogP contribution < -0.4 is 47.3 Å². The van der Waals surface area contributed by atoms with E-state index in [4.69, 9.17) is 4.74 Å². The molecule has 0 atom stereocenters. The Morgan fingerprint density at radius 1 is 0.434 bits per heavy atom. The lowest BCUT2D eigenvalue weighted by molar-refractivity contribution is 0.484. The van der Waals surface area contributed by atoms with Gasteiger partial charge >= 0.3 is 0 Å². The fraction of sp³-hybridized carbons (Fsp3) is 0.0435. The third-order valence-electron chi connectivity index (χ3n) is 17.1. The zero-order valence-electron chi connectivity index (χ0n) is 42.2. The SMILES string of the molecule is Cc1ccc2c(c1)-n1c3ccccc3c3c(-c4ccccc4)cc4c(c31)B2c1cc2c(c(C)c1N4c1ccccc1)Oc1cc(N(c3ccccc3)c3ccccc3)c3c4ccccc4n4c3c1B2c1ccc(C)cc1-4. The molecule has 0 radical (unpaired) electrons. The number of fused-ring (bicyclic) bond motifs is 16. The molecule has 2 aromatic heterocycles. The molecule has 0 spiro atoms. The molecule has 0 saturated carbocycles.